The number of hydrogen-bond donors (Lipinski definition) is 0. The maximum Gasteiger partial charge on any atom is 0.412 e. The van der Waals surface area contributed by atoms with Crippen molar-refractivity contribution < 1.29 is 28.2 Å². The van der Waals surface area contributed by atoms with Gasteiger partial charge in [-0.15, -0.1) is 0 Å². The van der Waals surface area contributed by atoms with Gasteiger partial charge in [0.25, 0.3) is 8.32 Å². The summed E-state index contributed by atoms with van der Waals surface area (Å²) in [6.45, 7) is 12.6. The van der Waals surface area contributed by atoms with Crippen LogP contribution in [0.15, 0.2) is 72.5 Å². The number of carbonyl (C=O) groups is 2. The minimum Gasteiger partial charge on any atom is -0.495 e. The minimum atomic E-state index is -2.62. The summed E-state index contributed by atoms with van der Waals surface area (Å²) < 4.78 is 23.5. The Balaban J connectivity index is 1.71. The maximum absolute atomic E-state index is 13.0. The van der Waals surface area contributed by atoms with Crippen molar-refractivity contribution in [3.63, 3.8) is 0 Å². The number of amides is 1. The summed E-state index contributed by atoms with van der Waals surface area (Å²) >= 11 is 0. The number of ether oxygens (including phenoxy) is 3. The van der Waals surface area contributed by atoms with Gasteiger partial charge in [0.2, 0.25) is 0 Å². The SMILES string of the molecule is COCN(C(=O)OC(C)(C)C)C1COC(CCCO[Si](c2ccccc2)(c2ccccc2)C(C)(C)C)=CC1=O. The number of rotatable bonds is 10. The Labute approximate surface area is 234 Å². The van der Waals surface area contributed by atoms with Gasteiger partial charge < -0.3 is 18.6 Å². The molecule has 1 atom stereocenters. The number of nitrogens with zero attached hydrogens (tertiary/aromatic N) is 1. The first-order chi connectivity index (χ1) is 18.4. The molecule has 0 N–H and O–H groups in total. The normalized spacial score (nSPS) is 16.3. The van der Waals surface area contributed by atoms with Gasteiger partial charge in [0.05, 0.1) is 5.76 Å². The van der Waals surface area contributed by atoms with E-state index in [9.17, 15) is 9.59 Å². The highest BCUT2D eigenvalue weighted by atomic mass is 28.4. The lowest BCUT2D eigenvalue weighted by molar-refractivity contribution is -0.125. The van der Waals surface area contributed by atoms with Gasteiger partial charge in [0.1, 0.15) is 25.0 Å². The number of benzene rings is 2. The summed E-state index contributed by atoms with van der Waals surface area (Å²) in [6.07, 6.45) is 2.14. The summed E-state index contributed by atoms with van der Waals surface area (Å²) in [7, 11) is -1.15. The Kier molecular flexibility index (Phi) is 10.2. The molecule has 1 amide bonds. The molecule has 7 nitrogen and oxygen atoms in total. The van der Waals surface area contributed by atoms with Crippen LogP contribution in [0.5, 0.6) is 0 Å². The van der Waals surface area contributed by atoms with Crippen molar-refractivity contribution in [1.82, 2.24) is 4.90 Å². The van der Waals surface area contributed by atoms with Gasteiger partial charge in [-0.3, -0.25) is 9.69 Å². The Bertz CT molecular complexity index is 1080. The van der Waals surface area contributed by atoms with E-state index in [2.05, 4.69) is 69.3 Å². The molecule has 212 valence electrons. The summed E-state index contributed by atoms with van der Waals surface area (Å²) in [5.74, 6) is 0.399. The number of ketones is 1. The van der Waals surface area contributed by atoms with E-state index < -0.39 is 26.1 Å². The Morgan fingerprint density at radius 3 is 2.00 bits per heavy atom. The number of hydrogen-bond acceptors (Lipinski definition) is 6. The fourth-order valence-corrected chi connectivity index (χ4v) is 9.52. The van der Waals surface area contributed by atoms with Crippen LogP contribution in [0.2, 0.25) is 5.04 Å². The molecule has 3 rings (SSSR count). The van der Waals surface area contributed by atoms with E-state index in [1.54, 1.807) is 20.8 Å². The van der Waals surface area contributed by atoms with Gasteiger partial charge in [0, 0.05) is 26.2 Å². The fraction of sp³-hybridized carbons (Fsp3) is 0.484. The summed E-state index contributed by atoms with van der Waals surface area (Å²) in [5.41, 5.74) is -0.687. The van der Waals surface area contributed by atoms with Crippen molar-refractivity contribution in [3.8, 4) is 0 Å². The molecular weight excluding hydrogens is 510 g/mol. The topological polar surface area (TPSA) is 74.3 Å². The molecule has 0 saturated carbocycles. The smallest absolute Gasteiger partial charge is 0.412 e. The van der Waals surface area contributed by atoms with E-state index in [-0.39, 0.29) is 24.2 Å². The van der Waals surface area contributed by atoms with Gasteiger partial charge in [0.15, 0.2) is 5.78 Å². The van der Waals surface area contributed by atoms with Crippen molar-refractivity contribution in [1.29, 1.82) is 0 Å². The third kappa shape index (κ3) is 7.59. The molecule has 1 heterocycles. The molecule has 2 aromatic carbocycles. The fourth-order valence-electron chi connectivity index (χ4n) is 4.92. The van der Waals surface area contributed by atoms with Crippen LogP contribution in [-0.4, -0.2) is 63.8 Å². The van der Waals surface area contributed by atoms with Gasteiger partial charge in [-0.05, 0) is 42.6 Å². The molecule has 8 heteroatoms. The highest BCUT2D eigenvalue weighted by molar-refractivity contribution is 6.99. The van der Waals surface area contributed by atoms with E-state index in [0.29, 0.717) is 25.2 Å². The van der Waals surface area contributed by atoms with Gasteiger partial charge in [-0.25, -0.2) is 4.79 Å². The number of carbonyl (C=O) groups excluding carboxylic acids is 2. The van der Waals surface area contributed by atoms with Gasteiger partial charge in [-0.2, -0.15) is 0 Å². The standard InChI is InChI=1S/C31H43NO6Si/c1-30(2,3)38-29(34)32(23-35-7)27-22-36-24(21-28(27)33)15-14-20-37-39(31(4,5)6,25-16-10-8-11-17-25)26-18-12-9-13-19-26/h8-13,16-19,21,27H,14-15,20,22-23H2,1-7H3. The van der Waals surface area contributed by atoms with E-state index in [0.717, 1.165) is 0 Å². The average Bonchev–Trinajstić information content (AvgIpc) is 2.87. The second-order valence-electron chi connectivity index (χ2n) is 11.8. The molecule has 0 aromatic heterocycles. The predicted molar refractivity (Wildman–Crippen MR) is 156 cm³/mol. The second-order valence-corrected chi connectivity index (χ2v) is 16.1. The van der Waals surface area contributed by atoms with Crippen LogP contribution in [0, 0.1) is 0 Å². The molecule has 0 radical (unpaired) electrons. The van der Waals surface area contributed by atoms with Crippen LogP contribution in [0.3, 0.4) is 0 Å². The highest BCUT2D eigenvalue weighted by Crippen LogP contribution is 2.37. The lowest BCUT2D eigenvalue weighted by Gasteiger charge is -2.43. The Morgan fingerprint density at radius 2 is 1.54 bits per heavy atom. The molecule has 2 aromatic rings. The third-order valence-corrected chi connectivity index (χ3v) is 11.7. The first-order valence-corrected chi connectivity index (χ1v) is 15.4. The molecule has 0 aliphatic carbocycles. The van der Waals surface area contributed by atoms with Crippen LogP contribution >= 0.6 is 0 Å². The lowest BCUT2D eigenvalue weighted by atomic mass is 10.1. The van der Waals surface area contributed by atoms with Crippen LogP contribution in [0.1, 0.15) is 54.4 Å². The van der Waals surface area contributed by atoms with Crippen LogP contribution in [0.4, 0.5) is 4.79 Å². The van der Waals surface area contributed by atoms with Crippen molar-refractivity contribution >= 4 is 30.6 Å². The largest absolute Gasteiger partial charge is 0.495 e. The maximum atomic E-state index is 13.0. The van der Waals surface area contributed by atoms with Crippen LogP contribution in [-0.2, 0) is 23.4 Å². The zero-order chi connectivity index (χ0) is 28.7. The van der Waals surface area contributed by atoms with Crippen molar-refractivity contribution in [3.05, 3.63) is 72.5 Å². The molecular formula is C31H43NO6Si. The molecule has 1 aliphatic heterocycles. The summed E-state index contributed by atoms with van der Waals surface area (Å²) in [5, 5.41) is 2.36. The molecule has 39 heavy (non-hydrogen) atoms. The van der Waals surface area contributed by atoms with E-state index in [1.165, 1.54) is 28.5 Å². The highest BCUT2D eigenvalue weighted by Gasteiger charge is 2.50. The molecule has 0 spiro atoms. The van der Waals surface area contributed by atoms with Crippen LogP contribution in [0.25, 0.3) is 0 Å². The second kappa shape index (κ2) is 12.9. The first-order valence-electron chi connectivity index (χ1n) is 13.5. The monoisotopic (exact) mass is 553 g/mol. The van der Waals surface area contributed by atoms with Crippen molar-refractivity contribution in [2.24, 2.45) is 0 Å². The third-order valence-electron chi connectivity index (χ3n) is 6.63. The molecule has 0 fully saturated rings. The molecule has 1 aliphatic rings. The summed E-state index contributed by atoms with van der Waals surface area (Å²) in [4.78, 5) is 26.9. The Hall–Kier alpha value is -2.94. The quantitative estimate of drug-likeness (QED) is 0.233. The average molecular weight is 554 g/mol. The number of allylic oxidation sites excluding steroid dienone is 1. The zero-order valence-corrected chi connectivity index (χ0v) is 25.4. The van der Waals surface area contributed by atoms with Gasteiger partial charge in [-0.1, -0.05) is 81.4 Å². The summed E-state index contributed by atoms with van der Waals surface area (Å²) in [6, 6.07) is 20.2. The molecule has 1 unspecified atom stereocenters. The number of methoxy groups -OCH3 is 1. The van der Waals surface area contributed by atoms with E-state index in [1.807, 2.05) is 12.1 Å². The lowest BCUT2D eigenvalue weighted by Crippen LogP contribution is -2.66. The van der Waals surface area contributed by atoms with E-state index in [4.69, 9.17) is 18.6 Å². The van der Waals surface area contributed by atoms with Crippen molar-refractivity contribution in [2.75, 3.05) is 27.1 Å². The van der Waals surface area contributed by atoms with Gasteiger partial charge >= 0.3 is 6.09 Å². The molecule has 0 bridgehead atoms. The molecule has 0 saturated heterocycles. The zero-order valence-electron chi connectivity index (χ0n) is 24.4. The predicted octanol–water partition coefficient (Wildman–Crippen LogP) is 5.04. The minimum absolute atomic E-state index is 0.0584. The van der Waals surface area contributed by atoms with Crippen LogP contribution < -0.4 is 10.4 Å². The Morgan fingerprint density at radius 1 is 0.974 bits per heavy atom. The van der Waals surface area contributed by atoms with Crippen molar-refractivity contribution in [2.45, 2.75) is 71.1 Å². The first kappa shape index (κ1) is 30.6. The van der Waals surface area contributed by atoms with E-state index >= 15 is 0 Å².